The smallest absolute Gasteiger partial charge is 0.205 e. The average molecular weight is 435 g/mol. The van der Waals surface area contributed by atoms with Crippen LogP contribution in [0.3, 0.4) is 0 Å². The highest BCUT2D eigenvalue weighted by atomic mass is 15.5. The Balaban J connectivity index is 1.46. The first kappa shape index (κ1) is 19.3. The third kappa shape index (κ3) is 3.00. The number of aliphatic imine (C=N–C) groups is 1. The minimum atomic E-state index is 0.612. The first-order valence-corrected chi connectivity index (χ1v) is 10.7. The largest absolute Gasteiger partial charge is 0.293 e. The fourth-order valence-electron chi connectivity index (χ4n) is 4.13. The molecule has 0 unspecified atom stereocenters. The van der Waals surface area contributed by atoms with Gasteiger partial charge in [-0.1, -0.05) is 47.5 Å². The maximum Gasteiger partial charge on any atom is 0.205 e. The van der Waals surface area contributed by atoms with E-state index in [0.29, 0.717) is 28.7 Å². The lowest BCUT2D eigenvalue weighted by Crippen LogP contribution is -2.08. The monoisotopic (exact) mass is 435 g/mol. The van der Waals surface area contributed by atoms with Crippen LogP contribution >= 0.6 is 0 Å². The molecule has 0 saturated heterocycles. The fraction of sp³-hybridized carbons (Fsp3) is 0.167. The zero-order valence-corrected chi connectivity index (χ0v) is 18.7. The summed E-state index contributed by atoms with van der Waals surface area (Å²) >= 11 is 0. The number of hydrogen-bond acceptors (Lipinski definition) is 6. The summed E-state index contributed by atoms with van der Waals surface area (Å²) in [5.41, 5.74) is 7.95. The Labute approximate surface area is 189 Å². The molecule has 162 valence electrons. The van der Waals surface area contributed by atoms with Crippen LogP contribution in [-0.4, -0.2) is 46.1 Å². The molecule has 2 aromatic carbocycles. The van der Waals surface area contributed by atoms with Gasteiger partial charge in [0.1, 0.15) is 11.4 Å². The van der Waals surface area contributed by atoms with E-state index in [1.54, 1.807) is 4.68 Å². The standard InChI is InChI=1S/C24H21N9/c1-13-7-5-9-17(11-13)21-26-28-23-19(15(3)30-32(21)23)25-20-16(4)31-33-22(27-29-24(20)33)18-10-6-8-14(2)12-18/h5-12,30H,1-4H3. The number of nitrogens with one attached hydrogen (secondary N) is 1. The molecule has 4 heterocycles. The van der Waals surface area contributed by atoms with Crippen LogP contribution in [0.2, 0.25) is 0 Å². The molecule has 6 rings (SSSR count). The van der Waals surface area contributed by atoms with Gasteiger partial charge in [-0.25, -0.2) is 9.51 Å². The van der Waals surface area contributed by atoms with Crippen molar-refractivity contribution in [3.63, 3.8) is 0 Å². The number of aromatic nitrogens is 7. The molecule has 0 spiro atoms. The minimum Gasteiger partial charge on any atom is -0.293 e. The number of benzene rings is 2. The van der Waals surface area contributed by atoms with Crippen molar-refractivity contribution in [1.29, 1.82) is 0 Å². The number of hydrogen-bond donors (Lipinski definition) is 1. The number of nitrogens with zero attached hydrogens (tertiary/aromatic N) is 8. The van der Waals surface area contributed by atoms with Crippen molar-refractivity contribution in [2.45, 2.75) is 27.7 Å². The average Bonchev–Trinajstić information content (AvgIpc) is 3.51. The maximum atomic E-state index is 4.93. The van der Waals surface area contributed by atoms with Gasteiger partial charge in [-0.15, -0.1) is 20.4 Å². The van der Waals surface area contributed by atoms with E-state index in [9.17, 15) is 0 Å². The second-order valence-corrected chi connectivity index (χ2v) is 8.31. The molecule has 33 heavy (non-hydrogen) atoms. The van der Waals surface area contributed by atoms with Crippen LogP contribution in [-0.2, 0) is 0 Å². The molecule has 9 nitrogen and oxygen atoms in total. The van der Waals surface area contributed by atoms with Crippen LogP contribution in [0.25, 0.3) is 28.4 Å². The first-order chi connectivity index (χ1) is 16.0. The van der Waals surface area contributed by atoms with Crippen molar-refractivity contribution in [3.05, 3.63) is 71.2 Å². The quantitative estimate of drug-likeness (QED) is 0.457. The van der Waals surface area contributed by atoms with E-state index in [-0.39, 0.29) is 0 Å². The molecular weight excluding hydrogens is 414 g/mol. The second kappa shape index (κ2) is 7.06. The summed E-state index contributed by atoms with van der Waals surface area (Å²) in [6.45, 7) is 8.01. The van der Waals surface area contributed by atoms with Gasteiger partial charge in [-0.2, -0.15) is 9.78 Å². The van der Waals surface area contributed by atoms with Crippen molar-refractivity contribution in [2.75, 3.05) is 0 Å². The van der Waals surface area contributed by atoms with Crippen molar-refractivity contribution < 1.29 is 0 Å². The van der Waals surface area contributed by atoms with Gasteiger partial charge in [0.25, 0.3) is 0 Å². The summed E-state index contributed by atoms with van der Waals surface area (Å²) in [7, 11) is 0. The van der Waals surface area contributed by atoms with E-state index in [1.165, 1.54) is 0 Å². The van der Waals surface area contributed by atoms with Gasteiger partial charge in [-0.3, -0.25) is 5.10 Å². The molecule has 1 aliphatic rings. The molecule has 0 fully saturated rings. The van der Waals surface area contributed by atoms with E-state index in [4.69, 9.17) is 4.99 Å². The number of fused-ring (bicyclic) bond motifs is 2. The van der Waals surface area contributed by atoms with E-state index in [1.807, 2.05) is 42.6 Å². The third-order valence-electron chi connectivity index (χ3n) is 5.73. The summed E-state index contributed by atoms with van der Waals surface area (Å²) in [5.74, 6) is 2.05. The SMILES string of the molecule is CC1=Nn2c(nnc2-c2cccc(C)c2)C1=Nc1c(C)[nH]n2c(-c3cccc(C)c3)nnc12. The molecule has 0 aliphatic carbocycles. The highest BCUT2D eigenvalue weighted by molar-refractivity contribution is 6.48. The molecule has 3 aromatic heterocycles. The number of aromatic amines is 1. The van der Waals surface area contributed by atoms with Gasteiger partial charge in [0, 0.05) is 11.1 Å². The number of rotatable bonds is 3. The normalized spacial score (nSPS) is 14.3. The van der Waals surface area contributed by atoms with Gasteiger partial charge in [-0.05, 0) is 39.8 Å². The molecule has 1 aliphatic heterocycles. The Hall–Kier alpha value is -4.40. The van der Waals surface area contributed by atoms with Crippen molar-refractivity contribution >= 4 is 22.8 Å². The van der Waals surface area contributed by atoms with Crippen LogP contribution in [0.4, 0.5) is 5.69 Å². The number of aryl methyl sites for hydroxylation is 3. The Kier molecular flexibility index (Phi) is 4.13. The molecule has 5 aromatic rings. The Bertz CT molecular complexity index is 1610. The Morgan fingerprint density at radius 3 is 2.09 bits per heavy atom. The molecule has 0 atom stereocenters. The highest BCUT2D eigenvalue weighted by Gasteiger charge is 2.27. The van der Waals surface area contributed by atoms with Crippen LogP contribution in [0.5, 0.6) is 0 Å². The third-order valence-corrected chi connectivity index (χ3v) is 5.73. The zero-order valence-electron chi connectivity index (χ0n) is 18.7. The number of H-pyrrole nitrogens is 1. The topological polar surface area (TPSA) is 101 Å². The molecule has 0 radical (unpaired) electrons. The lowest BCUT2D eigenvalue weighted by molar-refractivity contribution is 0.890. The Morgan fingerprint density at radius 1 is 0.758 bits per heavy atom. The van der Waals surface area contributed by atoms with Gasteiger partial charge in [0.2, 0.25) is 11.5 Å². The van der Waals surface area contributed by atoms with Crippen molar-refractivity contribution in [2.24, 2.45) is 10.1 Å². The summed E-state index contributed by atoms with van der Waals surface area (Å²) < 4.78 is 3.62. The van der Waals surface area contributed by atoms with E-state index in [0.717, 1.165) is 39.5 Å². The molecule has 9 heteroatoms. The predicted molar refractivity (Wildman–Crippen MR) is 127 cm³/mol. The van der Waals surface area contributed by atoms with Crippen molar-refractivity contribution in [1.82, 2.24) is 34.7 Å². The van der Waals surface area contributed by atoms with Gasteiger partial charge in [0.05, 0.1) is 11.4 Å². The summed E-state index contributed by atoms with van der Waals surface area (Å²) in [5, 5.41) is 25.6. The Morgan fingerprint density at radius 2 is 1.39 bits per heavy atom. The van der Waals surface area contributed by atoms with Crippen LogP contribution < -0.4 is 0 Å². The molecule has 0 saturated carbocycles. The summed E-state index contributed by atoms with van der Waals surface area (Å²) in [6.07, 6.45) is 0. The van der Waals surface area contributed by atoms with Gasteiger partial charge in [0.15, 0.2) is 11.6 Å². The van der Waals surface area contributed by atoms with Crippen molar-refractivity contribution in [3.8, 4) is 22.8 Å². The molecule has 1 N–H and O–H groups in total. The molecular formula is C24H21N9. The summed E-state index contributed by atoms with van der Waals surface area (Å²) in [4.78, 5) is 4.93. The highest BCUT2D eigenvalue weighted by Crippen LogP contribution is 2.30. The maximum absolute atomic E-state index is 4.93. The van der Waals surface area contributed by atoms with Gasteiger partial charge < -0.3 is 0 Å². The predicted octanol–water partition coefficient (Wildman–Crippen LogP) is 4.27. The minimum absolute atomic E-state index is 0.612. The van der Waals surface area contributed by atoms with E-state index < -0.39 is 0 Å². The van der Waals surface area contributed by atoms with E-state index >= 15 is 0 Å². The fourth-order valence-corrected chi connectivity index (χ4v) is 4.13. The lowest BCUT2D eigenvalue weighted by atomic mass is 10.1. The van der Waals surface area contributed by atoms with E-state index in [2.05, 4.69) is 68.7 Å². The lowest BCUT2D eigenvalue weighted by Gasteiger charge is -2.00. The van der Waals surface area contributed by atoms with Crippen LogP contribution in [0.1, 0.15) is 29.6 Å². The molecule has 0 amide bonds. The second-order valence-electron chi connectivity index (χ2n) is 8.31. The molecule has 0 bridgehead atoms. The van der Waals surface area contributed by atoms with Crippen LogP contribution in [0.15, 0.2) is 58.6 Å². The zero-order chi connectivity index (χ0) is 22.7. The first-order valence-electron chi connectivity index (χ1n) is 10.7. The summed E-state index contributed by atoms with van der Waals surface area (Å²) in [6, 6.07) is 16.3. The van der Waals surface area contributed by atoms with Crippen LogP contribution in [0, 0.1) is 20.8 Å². The van der Waals surface area contributed by atoms with Gasteiger partial charge >= 0.3 is 0 Å².